The summed E-state index contributed by atoms with van der Waals surface area (Å²) in [7, 11) is -8.40. The minimum atomic E-state index is -4.20. The molecule has 132 valence electrons. The molecule has 25 heavy (non-hydrogen) atoms. The van der Waals surface area contributed by atoms with Crippen LogP contribution in [0.1, 0.15) is 19.3 Å². The van der Waals surface area contributed by atoms with Gasteiger partial charge in [-0.15, -0.1) is 12.3 Å². The molecule has 0 fully saturated rings. The largest absolute Gasteiger partial charge is 0.256 e. The summed E-state index contributed by atoms with van der Waals surface area (Å²) in [4.78, 5) is -0.127. The number of sulfonamides is 2. The van der Waals surface area contributed by atoms with E-state index in [0.29, 0.717) is 23.0 Å². The lowest BCUT2D eigenvalue weighted by Crippen LogP contribution is -2.37. The van der Waals surface area contributed by atoms with Gasteiger partial charge < -0.3 is 0 Å². The summed E-state index contributed by atoms with van der Waals surface area (Å²) >= 11 is 0. The minimum absolute atomic E-state index is 0.0635. The summed E-state index contributed by atoms with van der Waals surface area (Å²) in [5, 5.41) is 0. The van der Waals surface area contributed by atoms with Gasteiger partial charge in [-0.2, -0.15) is 0 Å². The molecule has 2 aromatic rings. The van der Waals surface area contributed by atoms with E-state index < -0.39 is 20.0 Å². The summed E-state index contributed by atoms with van der Waals surface area (Å²) in [6, 6.07) is 15.1. The van der Waals surface area contributed by atoms with Gasteiger partial charge in [0.25, 0.3) is 20.0 Å². The Balaban J connectivity index is 2.45. The van der Waals surface area contributed by atoms with Crippen molar-refractivity contribution in [2.24, 2.45) is 0 Å². The van der Waals surface area contributed by atoms with Crippen LogP contribution < -0.4 is 0 Å². The SMILES string of the molecule is C#CCCCCN(S(=O)(=O)c1ccccc1)S(=O)(=O)c1ccccc1. The van der Waals surface area contributed by atoms with Crippen molar-refractivity contribution in [3.05, 3.63) is 60.7 Å². The molecule has 0 spiro atoms. The van der Waals surface area contributed by atoms with Gasteiger partial charge in [0.2, 0.25) is 0 Å². The normalized spacial score (nSPS) is 12.0. The first-order chi connectivity index (χ1) is 11.9. The van der Waals surface area contributed by atoms with Crippen molar-refractivity contribution in [1.29, 1.82) is 0 Å². The van der Waals surface area contributed by atoms with Crippen LogP contribution in [0.25, 0.3) is 0 Å². The van der Waals surface area contributed by atoms with Gasteiger partial charge in [-0.05, 0) is 37.1 Å². The summed E-state index contributed by atoms with van der Waals surface area (Å²) in [5.41, 5.74) is 0. The van der Waals surface area contributed by atoms with E-state index in [1.54, 1.807) is 36.4 Å². The van der Waals surface area contributed by atoms with Crippen LogP contribution in [0.2, 0.25) is 0 Å². The average molecular weight is 377 g/mol. The lowest BCUT2D eigenvalue weighted by Gasteiger charge is -2.22. The van der Waals surface area contributed by atoms with Gasteiger partial charge in [0.15, 0.2) is 0 Å². The molecule has 0 aliphatic carbocycles. The molecule has 0 aliphatic heterocycles. The standard InChI is InChI=1S/C18H19NO4S2/c1-2-3-4-11-16-19(24(20,21)17-12-7-5-8-13-17)25(22,23)18-14-9-6-10-15-18/h1,5-10,12-15H,3-4,11,16H2. The lowest BCUT2D eigenvalue weighted by atomic mass is 10.2. The topological polar surface area (TPSA) is 71.5 Å². The Morgan fingerprint density at radius 1 is 0.760 bits per heavy atom. The lowest BCUT2D eigenvalue weighted by molar-refractivity contribution is 0.486. The Hall–Kier alpha value is -2.14. The molecular weight excluding hydrogens is 358 g/mol. The highest BCUT2D eigenvalue weighted by Crippen LogP contribution is 2.24. The molecule has 0 aliphatic rings. The highest BCUT2D eigenvalue weighted by Gasteiger charge is 2.35. The van der Waals surface area contributed by atoms with E-state index in [-0.39, 0.29) is 16.3 Å². The van der Waals surface area contributed by atoms with Crippen LogP contribution in [-0.4, -0.2) is 27.1 Å². The van der Waals surface area contributed by atoms with Gasteiger partial charge >= 0.3 is 0 Å². The molecule has 0 saturated heterocycles. The zero-order chi connectivity index (χ0) is 18.3. The predicted octanol–water partition coefficient (Wildman–Crippen LogP) is 2.87. The molecule has 0 radical (unpaired) electrons. The molecule has 0 saturated carbocycles. The molecule has 7 heteroatoms. The molecule has 0 atom stereocenters. The van der Waals surface area contributed by atoms with Crippen LogP contribution in [0, 0.1) is 12.3 Å². The van der Waals surface area contributed by atoms with E-state index in [9.17, 15) is 16.8 Å². The Bertz CT molecular complexity index is 862. The molecule has 0 aromatic heterocycles. The monoisotopic (exact) mass is 377 g/mol. The summed E-state index contributed by atoms with van der Waals surface area (Å²) in [6.45, 7) is -0.157. The van der Waals surface area contributed by atoms with E-state index in [1.165, 1.54) is 24.3 Å². The van der Waals surface area contributed by atoms with Crippen LogP contribution >= 0.6 is 0 Å². The smallest absolute Gasteiger partial charge is 0.206 e. The number of hydrogen-bond donors (Lipinski definition) is 0. The molecule has 2 aromatic carbocycles. The number of nitrogens with zero attached hydrogens (tertiary/aromatic N) is 1. The summed E-state index contributed by atoms with van der Waals surface area (Å²) in [5.74, 6) is 2.46. The van der Waals surface area contributed by atoms with E-state index in [4.69, 9.17) is 6.42 Å². The second-order valence-corrected chi connectivity index (χ2v) is 9.25. The van der Waals surface area contributed by atoms with Gasteiger partial charge in [-0.3, -0.25) is 0 Å². The van der Waals surface area contributed by atoms with Crippen LogP contribution in [-0.2, 0) is 20.0 Å². The van der Waals surface area contributed by atoms with Crippen molar-refractivity contribution in [2.75, 3.05) is 6.54 Å². The zero-order valence-electron chi connectivity index (χ0n) is 13.6. The maximum atomic E-state index is 12.9. The third-order valence-corrected chi connectivity index (χ3v) is 7.88. The van der Waals surface area contributed by atoms with E-state index >= 15 is 0 Å². The first kappa shape index (κ1) is 19.2. The fourth-order valence-electron chi connectivity index (χ4n) is 2.26. The van der Waals surface area contributed by atoms with Crippen molar-refractivity contribution in [3.8, 4) is 12.3 Å². The van der Waals surface area contributed by atoms with Crippen molar-refractivity contribution in [2.45, 2.75) is 29.1 Å². The molecule has 0 amide bonds. The molecule has 5 nitrogen and oxygen atoms in total. The minimum Gasteiger partial charge on any atom is -0.206 e. The van der Waals surface area contributed by atoms with Gasteiger partial charge in [-0.1, -0.05) is 40.1 Å². The third kappa shape index (κ3) is 4.48. The van der Waals surface area contributed by atoms with Crippen molar-refractivity contribution >= 4 is 20.0 Å². The molecule has 2 rings (SSSR count). The number of benzene rings is 2. The highest BCUT2D eigenvalue weighted by molar-refractivity contribution is 8.04. The average Bonchev–Trinajstić information content (AvgIpc) is 2.62. The number of unbranched alkanes of at least 4 members (excludes halogenated alkanes) is 2. The van der Waals surface area contributed by atoms with Gasteiger partial charge in [0.1, 0.15) is 0 Å². The molecule has 0 heterocycles. The third-order valence-electron chi connectivity index (χ3n) is 3.53. The summed E-state index contributed by atoms with van der Waals surface area (Å²) < 4.78 is 52.3. The van der Waals surface area contributed by atoms with Gasteiger partial charge in [0.05, 0.1) is 9.79 Å². The second-order valence-electron chi connectivity index (χ2n) is 5.29. The van der Waals surface area contributed by atoms with Gasteiger partial charge in [-0.25, -0.2) is 16.8 Å². The van der Waals surface area contributed by atoms with Crippen molar-refractivity contribution in [1.82, 2.24) is 3.71 Å². The van der Waals surface area contributed by atoms with Crippen LogP contribution in [0.5, 0.6) is 0 Å². The first-order valence-corrected chi connectivity index (χ1v) is 10.6. The predicted molar refractivity (Wildman–Crippen MR) is 96.6 cm³/mol. The first-order valence-electron chi connectivity index (χ1n) is 7.72. The fourth-order valence-corrected chi connectivity index (χ4v) is 6.02. The second kappa shape index (κ2) is 8.30. The fraction of sp³-hybridized carbons (Fsp3) is 0.222. The Morgan fingerprint density at radius 2 is 1.20 bits per heavy atom. The van der Waals surface area contributed by atoms with Crippen molar-refractivity contribution < 1.29 is 16.8 Å². The zero-order valence-corrected chi connectivity index (χ0v) is 15.2. The summed E-state index contributed by atoms with van der Waals surface area (Å²) in [6.07, 6.45) is 6.55. The van der Waals surface area contributed by atoms with E-state index in [2.05, 4.69) is 5.92 Å². The van der Waals surface area contributed by atoms with Crippen LogP contribution in [0.4, 0.5) is 0 Å². The van der Waals surface area contributed by atoms with Crippen LogP contribution in [0.15, 0.2) is 70.5 Å². The molecule has 0 N–H and O–H groups in total. The van der Waals surface area contributed by atoms with Gasteiger partial charge in [0, 0.05) is 13.0 Å². The number of terminal acetylenes is 1. The number of hydrogen-bond acceptors (Lipinski definition) is 4. The molecular formula is C18H19NO4S2. The maximum absolute atomic E-state index is 12.9. The van der Waals surface area contributed by atoms with Crippen LogP contribution in [0.3, 0.4) is 0 Å². The number of rotatable bonds is 8. The maximum Gasteiger partial charge on any atom is 0.256 e. The Kier molecular flexibility index (Phi) is 6.37. The highest BCUT2D eigenvalue weighted by atomic mass is 32.3. The Labute approximate surface area is 149 Å². The molecule has 0 bridgehead atoms. The quantitative estimate of drug-likeness (QED) is 0.524. The Morgan fingerprint density at radius 3 is 1.60 bits per heavy atom. The molecule has 0 unspecified atom stereocenters. The van der Waals surface area contributed by atoms with E-state index in [0.717, 1.165) is 0 Å². The van der Waals surface area contributed by atoms with Crippen molar-refractivity contribution in [3.63, 3.8) is 0 Å². The van der Waals surface area contributed by atoms with E-state index in [1.807, 2.05) is 0 Å².